The number of aromatic amines is 1. The zero-order valence-electron chi connectivity index (χ0n) is 15.6. The average Bonchev–Trinajstić information content (AvgIpc) is 3.33. The van der Waals surface area contributed by atoms with Crippen LogP contribution in [0.4, 0.5) is 0 Å². The lowest BCUT2D eigenvalue weighted by Gasteiger charge is -2.37. The molecule has 0 spiro atoms. The third kappa shape index (κ3) is 3.31. The molecule has 4 rings (SSSR count). The Balaban J connectivity index is 1.46. The van der Waals surface area contributed by atoms with Gasteiger partial charge in [-0.1, -0.05) is 24.3 Å². The third-order valence-corrected chi connectivity index (χ3v) is 6.26. The first kappa shape index (κ1) is 17.9. The molecule has 0 bridgehead atoms. The Morgan fingerprint density at radius 3 is 2.52 bits per heavy atom. The van der Waals surface area contributed by atoms with E-state index in [9.17, 15) is 9.59 Å². The molecule has 1 saturated heterocycles. The largest absolute Gasteiger partial charge is 0.358 e. The normalized spacial score (nSPS) is 16.6. The summed E-state index contributed by atoms with van der Waals surface area (Å²) in [4.78, 5) is 33.9. The van der Waals surface area contributed by atoms with Gasteiger partial charge in [-0.05, 0) is 31.4 Å². The molecular weight excluding hydrogens is 358 g/mol. The van der Waals surface area contributed by atoms with Crippen LogP contribution >= 0.6 is 11.3 Å². The molecule has 1 aliphatic rings. The maximum Gasteiger partial charge on any atom is 0.264 e. The monoisotopic (exact) mass is 381 g/mol. The molecule has 2 aromatic heterocycles. The van der Waals surface area contributed by atoms with Gasteiger partial charge in [0, 0.05) is 48.3 Å². The van der Waals surface area contributed by atoms with Crippen LogP contribution in [0.25, 0.3) is 10.9 Å². The fourth-order valence-corrected chi connectivity index (χ4v) is 4.53. The minimum atomic E-state index is -0.207. The summed E-state index contributed by atoms with van der Waals surface area (Å²) in [6, 6.07) is 11.5. The highest BCUT2D eigenvalue weighted by Gasteiger charge is 2.30. The number of rotatable bonds is 4. The minimum Gasteiger partial charge on any atom is -0.358 e. The van der Waals surface area contributed by atoms with Crippen LogP contribution < -0.4 is 0 Å². The van der Waals surface area contributed by atoms with Crippen LogP contribution in [0.1, 0.15) is 32.6 Å². The summed E-state index contributed by atoms with van der Waals surface area (Å²) in [5, 5.41) is 2.91. The molecule has 1 aromatic carbocycles. The van der Waals surface area contributed by atoms with Crippen LogP contribution in [0, 0.1) is 6.92 Å². The maximum absolute atomic E-state index is 13.2. The number of thiophene rings is 1. The van der Waals surface area contributed by atoms with Crippen LogP contribution in [0.2, 0.25) is 0 Å². The molecule has 27 heavy (non-hydrogen) atoms. The van der Waals surface area contributed by atoms with Crippen molar-refractivity contribution in [3.8, 4) is 0 Å². The number of hydrogen-bond donors (Lipinski definition) is 1. The minimum absolute atomic E-state index is 0.0936. The highest BCUT2D eigenvalue weighted by molar-refractivity contribution is 7.12. The molecule has 3 aromatic rings. The number of fused-ring (bicyclic) bond motifs is 1. The van der Waals surface area contributed by atoms with Gasteiger partial charge in [-0.25, -0.2) is 0 Å². The Bertz CT molecular complexity index is 969. The third-order valence-electron chi connectivity index (χ3n) is 5.40. The van der Waals surface area contributed by atoms with E-state index in [1.165, 1.54) is 11.3 Å². The van der Waals surface area contributed by atoms with Gasteiger partial charge in [0.05, 0.1) is 10.9 Å². The number of aryl methyl sites for hydroxylation is 1. The number of piperazine rings is 1. The van der Waals surface area contributed by atoms with Crippen molar-refractivity contribution in [1.29, 1.82) is 0 Å². The number of H-pyrrole nitrogens is 1. The molecule has 0 aliphatic carbocycles. The number of nitrogens with one attached hydrogen (secondary N) is 1. The summed E-state index contributed by atoms with van der Waals surface area (Å²) >= 11 is 1.48. The highest BCUT2D eigenvalue weighted by Crippen LogP contribution is 2.25. The van der Waals surface area contributed by atoms with E-state index in [1.807, 2.05) is 60.5 Å². The van der Waals surface area contributed by atoms with Crippen molar-refractivity contribution in [2.45, 2.75) is 19.9 Å². The van der Waals surface area contributed by atoms with E-state index >= 15 is 0 Å². The Hall–Kier alpha value is -2.44. The van der Waals surface area contributed by atoms with E-state index < -0.39 is 0 Å². The van der Waals surface area contributed by atoms with E-state index in [1.54, 1.807) is 0 Å². The van der Waals surface area contributed by atoms with E-state index in [0.29, 0.717) is 26.2 Å². The second-order valence-corrected chi connectivity index (χ2v) is 7.96. The lowest BCUT2D eigenvalue weighted by atomic mass is 10.0. The van der Waals surface area contributed by atoms with Gasteiger partial charge < -0.3 is 9.88 Å². The summed E-state index contributed by atoms with van der Waals surface area (Å²) in [6.07, 6.45) is 0. The summed E-state index contributed by atoms with van der Waals surface area (Å²) in [6.45, 7) is 6.66. The van der Waals surface area contributed by atoms with Gasteiger partial charge in [0.2, 0.25) is 0 Å². The lowest BCUT2D eigenvalue weighted by molar-refractivity contribution is 0.0556. The van der Waals surface area contributed by atoms with Gasteiger partial charge in [0.1, 0.15) is 0 Å². The quantitative estimate of drug-likeness (QED) is 0.703. The number of aromatic nitrogens is 1. The van der Waals surface area contributed by atoms with Crippen molar-refractivity contribution in [2.75, 3.05) is 26.2 Å². The van der Waals surface area contributed by atoms with Crippen molar-refractivity contribution in [1.82, 2.24) is 14.8 Å². The molecule has 1 N–H and O–H groups in total. The first-order valence-electron chi connectivity index (χ1n) is 9.24. The highest BCUT2D eigenvalue weighted by atomic mass is 32.1. The summed E-state index contributed by atoms with van der Waals surface area (Å²) < 4.78 is 0. The molecule has 0 saturated carbocycles. The fourth-order valence-electron chi connectivity index (χ4n) is 3.84. The second kappa shape index (κ2) is 7.29. The smallest absolute Gasteiger partial charge is 0.264 e. The predicted octanol–water partition coefficient (Wildman–Crippen LogP) is 3.57. The second-order valence-electron chi connectivity index (χ2n) is 7.02. The molecule has 3 heterocycles. The molecule has 1 unspecified atom stereocenters. The Morgan fingerprint density at radius 1 is 1.07 bits per heavy atom. The Morgan fingerprint density at radius 2 is 1.81 bits per heavy atom. The van der Waals surface area contributed by atoms with Crippen molar-refractivity contribution >= 4 is 33.9 Å². The Labute approximate surface area is 162 Å². The number of para-hydroxylation sites is 1. The van der Waals surface area contributed by atoms with Gasteiger partial charge in [-0.15, -0.1) is 11.3 Å². The molecule has 1 atom stereocenters. The number of benzene rings is 1. The fraction of sp³-hybridized carbons (Fsp3) is 0.333. The van der Waals surface area contributed by atoms with Crippen molar-refractivity contribution in [3.63, 3.8) is 0 Å². The van der Waals surface area contributed by atoms with E-state index in [2.05, 4.69) is 9.88 Å². The molecule has 6 heteroatoms. The molecule has 1 fully saturated rings. The van der Waals surface area contributed by atoms with E-state index in [-0.39, 0.29) is 17.7 Å². The van der Waals surface area contributed by atoms with Crippen molar-refractivity contribution in [2.24, 2.45) is 0 Å². The maximum atomic E-state index is 13.2. The van der Waals surface area contributed by atoms with Gasteiger partial charge in [-0.2, -0.15) is 0 Å². The number of carbonyl (C=O) groups excluding carboxylic acids is 2. The molecule has 0 radical (unpaired) electrons. The van der Waals surface area contributed by atoms with Gasteiger partial charge >= 0.3 is 0 Å². The molecule has 1 amide bonds. The van der Waals surface area contributed by atoms with Crippen LogP contribution in [-0.4, -0.2) is 58.7 Å². The number of ketones is 1. The molecular formula is C21H23N3O2S. The number of carbonyl (C=O) groups is 2. The standard InChI is InChI=1S/C21H23N3O2S/c1-14-19(16-6-3-4-7-17(16)22-14)20(25)15(2)23-9-11-24(12-10-23)21(26)18-8-5-13-27-18/h3-8,13,15,22H,9-12H2,1-2H3. The number of amides is 1. The summed E-state index contributed by atoms with van der Waals surface area (Å²) in [5.41, 5.74) is 2.70. The van der Waals surface area contributed by atoms with Crippen LogP contribution in [-0.2, 0) is 0 Å². The topological polar surface area (TPSA) is 56.4 Å². The van der Waals surface area contributed by atoms with Crippen molar-refractivity contribution in [3.05, 3.63) is 57.9 Å². The first-order chi connectivity index (χ1) is 13.1. The Kier molecular flexibility index (Phi) is 4.85. The predicted molar refractivity (Wildman–Crippen MR) is 109 cm³/mol. The van der Waals surface area contributed by atoms with Gasteiger partial charge in [-0.3, -0.25) is 14.5 Å². The van der Waals surface area contributed by atoms with E-state index in [4.69, 9.17) is 0 Å². The SMILES string of the molecule is Cc1[nH]c2ccccc2c1C(=O)C(C)N1CCN(C(=O)c2cccs2)CC1. The van der Waals surface area contributed by atoms with E-state index in [0.717, 1.165) is 27.0 Å². The zero-order valence-corrected chi connectivity index (χ0v) is 16.4. The molecule has 1 aliphatic heterocycles. The van der Waals surface area contributed by atoms with Crippen molar-refractivity contribution < 1.29 is 9.59 Å². The number of hydrogen-bond acceptors (Lipinski definition) is 4. The van der Waals surface area contributed by atoms with Crippen LogP contribution in [0.15, 0.2) is 41.8 Å². The van der Waals surface area contributed by atoms with Gasteiger partial charge in [0.25, 0.3) is 5.91 Å². The van der Waals surface area contributed by atoms with Crippen LogP contribution in [0.5, 0.6) is 0 Å². The molecule has 5 nitrogen and oxygen atoms in total. The average molecular weight is 382 g/mol. The number of nitrogens with zero attached hydrogens (tertiary/aromatic N) is 2. The summed E-state index contributed by atoms with van der Waals surface area (Å²) in [5.74, 6) is 0.235. The van der Waals surface area contributed by atoms with Crippen LogP contribution in [0.3, 0.4) is 0 Å². The number of Topliss-reactive ketones (excluding diaryl/α,β-unsaturated/α-hetero) is 1. The first-order valence-corrected chi connectivity index (χ1v) is 10.1. The zero-order chi connectivity index (χ0) is 19.0. The summed E-state index contributed by atoms with van der Waals surface area (Å²) in [7, 11) is 0. The van der Waals surface area contributed by atoms with Gasteiger partial charge in [0.15, 0.2) is 5.78 Å². The molecule has 140 valence electrons. The lowest BCUT2D eigenvalue weighted by Crippen LogP contribution is -2.53.